The second-order valence-electron chi connectivity index (χ2n) is 5.41. The zero-order valence-corrected chi connectivity index (χ0v) is 13.3. The number of halogens is 1. The van der Waals surface area contributed by atoms with Gasteiger partial charge in [-0.1, -0.05) is 38.8 Å². The monoisotopic (exact) mass is 312 g/mol. The average Bonchev–Trinajstić information content (AvgIpc) is 2.36. The molecule has 0 aromatic carbocycles. The molecule has 0 aliphatic carbocycles. The molecule has 1 heterocycles. The third-order valence-corrected chi connectivity index (χ3v) is 3.12. The predicted molar refractivity (Wildman–Crippen MR) is 81.6 cm³/mol. The Morgan fingerprint density at radius 1 is 1.38 bits per heavy atom. The van der Waals surface area contributed by atoms with E-state index < -0.39 is 17.9 Å². The lowest BCUT2D eigenvalue weighted by atomic mass is 10.0. The van der Waals surface area contributed by atoms with E-state index in [4.69, 9.17) is 16.7 Å². The Labute approximate surface area is 129 Å². The van der Waals surface area contributed by atoms with Crippen molar-refractivity contribution in [2.24, 2.45) is 5.92 Å². The van der Waals surface area contributed by atoms with Gasteiger partial charge in [-0.2, -0.15) is 0 Å². The molecule has 0 unspecified atom stereocenters. The highest BCUT2D eigenvalue weighted by atomic mass is 35.5. The number of nitrogens with one attached hydrogen (secondary N) is 1. The predicted octanol–water partition coefficient (Wildman–Crippen LogP) is 2.92. The van der Waals surface area contributed by atoms with Gasteiger partial charge < -0.3 is 10.4 Å². The lowest BCUT2D eigenvalue weighted by Gasteiger charge is -2.16. The smallest absolute Gasteiger partial charge is 0.326 e. The minimum absolute atomic E-state index is 0.170. The van der Waals surface area contributed by atoms with Gasteiger partial charge in [0.25, 0.3) is 5.91 Å². The average molecular weight is 313 g/mol. The molecule has 1 atom stereocenters. The molecule has 0 bridgehead atoms. The van der Waals surface area contributed by atoms with Crippen LogP contribution >= 0.6 is 11.6 Å². The Hall–Kier alpha value is -1.62. The molecule has 0 radical (unpaired) electrons. The third kappa shape index (κ3) is 5.71. The number of hydrogen-bond acceptors (Lipinski definition) is 3. The first-order valence-electron chi connectivity index (χ1n) is 7.03. The van der Waals surface area contributed by atoms with Gasteiger partial charge >= 0.3 is 5.97 Å². The van der Waals surface area contributed by atoms with Crippen molar-refractivity contribution in [1.29, 1.82) is 0 Å². The maximum Gasteiger partial charge on any atom is 0.326 e. The van der Waals surface area contributed by atoms with E-state index in [0.29, 0.717) is 12.0 Å². The number of carbonyl (C=O) groups excluding carboxylic acids is 1. The third-order valence-electron chi connectivity index (χ3n) is 2.93. The normalized spacial score (nSPS) is 12.2. The summed E-state index contributed by atoms with van der Waals surface area (Å²) in [6.07, 6.45) is 1.98. The van der Waals surface area contributed by atoms with E-state index in [9.17, 15) is 9.59 Å². The van der Waals surface area contributed by atoms with Crippen molar-refractivity contribution in [3.05, 3.63) is 28.5 Å². The van der Waals surface area contributed by atoms with Gasteiger partial charge in [0.1, 0.15) is 11.2 Å². The zero-order valence-electron chi connectivity index (χ0n) is 12.5. The summed E-state index contributed by atoms with van der Waals surface area (Å²) in [4.78, 5) is 27.5. The molecule has 0 saturated heterocycles. The first-order chi connectivity index (χ1) is 9.83. The minimum Gasteiger partial charge on any atom is -0.480 e. The standard InChI is InChI=1S/C15H21ClN2O3/c1-4-5-11-7-10(8-13(16)17-11)14(19)18-12(15(20)21)6-9(2)3/h7-9,12H,4-6H2,1-3H3,(H,18,19)(H,20,21)/t12-/m0/s1. The number of carboxylic acid groups (broad SMARTS) is 1. The summed E-state index contributed by atoms with van der Waals surface area (Å²) in [5.41, 5.74) is 1.07. The van der Waals surface area contributed by atoms with E-state index in [-0.39, 0.29) is 11.1 Å². The summed E-state index contributed by atoms with van der Waals surface area (Å²) in [6.45, 7) is 5.82. The summed E-state index contributed by atoms with van der Waals surface area (Å²) in [5, 5.41) is 11.9. The molecule has 0 aliphatic rings. The second kappa shape index (κ2) is 7.98. The molecular formula is C15H21ClN2O3. The fraction of sp³-hybridized carbons (Fsp3) is 0.533. The van der Waals surface area contributed by atoms with E-state index in [1.807, 2.05) is 20.8 Å². The molecule has 1 aromatic heterocycles. The van der Waals surface area contributed by atoms with E-state index in [2.05, 4.69) is 10.3 Å². The quantitative estimate of drug-likeness (QED) is 0.759. The molecule has 0 aliphatic heterocycles. The van der Waals surface area contributed by atoms with Crippen LogP contribution < -0.4 is 5.32 Å². The van der Waals surface area contributed by atoms with Crippen LogP contribution in [0.25, 0.3) is 0 Å². The molecule has 6 heteroatoms. The number of hydrogen-bond donors (Lipinski definition) is 2. The van der Waals surface area contributed by atoms with E-state index in [1.165, 1.54) is 6.07 Å². The van der Waals surface area contributed by atoms with Crippen LogP contribution in [0.1, 0.15) is 49.7 Å². The highest BCUT2D eigenvalue weighted by Crippen LogP contribution is 2.13. The highest BCUT2D eigenvalue weighted by Gasteiger charge is 2.22. The SMILES string of the molecule is CCCc1cc(C(=O)N[C@@H](CC(C)C)C(=O)O)cc(Cl)n1. The Balaban J connectivity index is 2.89. The van der Waals surface area contributed by atoms with Crippen molar-refractivity contribution in [2.45, 2.75) is 46.1 Å². The van der Waals surface area contributed by atoms with Gasteiger partial charge in [0.05, 0.1) is 0 Å². The summed E-state index contributed by atoms with van der Waals surface area (Å²) >= 11 is 5.91. The molecule has 0 saturated carbocycles. The van der Waals surface area contributed by atoms with E-state index >= 15 is 0 Å². The van der Waals surface area contributed by atoms with Crippen LogP contribution in [-0.2, 0) is 11.2 Å². The molecule has 0 fully saturated rings. The summed E-state index contributed by atoms with van der Waals surface area (Å²) in [7, 11) is 0. The van der Waals surface area contributed by atoms with Gasteiger partial charge in [-0.05, 0) is 30.9 Å². The van der Waals surface area contributed by atoms with Crippen LogP contribution in [-0.4, -0.2) is 28.0 Å². The molecule has 1 rings (SSSR count). The Kier molecular flexibility index (Phi) is 6.62. The van der Waals surface area contributed by atoms with E-state index in [0.717, 1.165) is 18.5 Å². The van der Waals surface area contributed by atoms with Crippen LogP contribution in [0.4, 0.5) is 0 Å². The van der Waals surface area contributed by atoms with Crippen molar-refractivity contribution in [1.82, 2.24) is 10.3 Å². The lowest BCUT2D eigenvalue weighted by Crippen LogP contribution is -2.41. The van der Waals surface area contributed by atoms with Gasteiger partial charge in [-0.15, -0.1) is 0 Å². The van der Waals surface area contributed by atoms with Gasteiger partial charge in [0, 0.05) is 11.3 Å². The van der Waals surface area contributed by atoms with Crippen LogP contribution in [0.3, 0.4) is 0 Å². The Bertz CT molecular complexity index is 518. The van der Waals surface area contributed by atoms with Crippen LogP contribution in [0, 0.1) is 5.92 Å². The number of aliphatic carboxylic acids is 1. The maximum atomic E-state index is 12.2. The lowest BCUT2D eigenvalue weighted by molar-refractivity contribution is -0.139. The maximum absolute atomic E-state index is 12.2. The van der Waals surface area contributed by atoms with E-state index in [1.54, 1.807) is 6.07 Å². The van der Waals surface area contributed by atoms with Crippen molar-refractivity contribution in [3.8, 4) is 0 Å². The van der Waals surface area contributed by atoms with Gasteiger partial charge in [-0.3, -0.25) is 4.79 Å². The molecule has 116 valence electrons. The Morgan fingerprint density at radius 3 is 2.57 bits per heavy atom. The summed E-state index contributed by atoms with van der Waals surface area (Å²) in [6, 6.07) is 2.20. The van der Waals surface area contributed by atoms with Crippen molar-refractivity contribution in [3.63, 3.8) is 0 Å². The fourth-order valence-electron chi connectivity index (χ4n) is 2.00. The first kappa shape index (κ1) is 17.4. The number of aryl methyl sites for hydroxylation is 1. The second-order valence-corrected chi connectivity index (χ2v) is 5.80. The topological polar surface area (TPSA) is 79.3 Å². The van der Waals surface area contributed by atoms with Crippen LogP contribution in [0.2, 0.25) is 5.15 Å². The summed E-state index contributed by atoms with van der Waals surface area (Å²) < 4.78 is 0. The van der Waals surface area contributed by atoms with Crippen molar-refractivity contribution in [2.75, 3.05) is 0 Å². The molecule has 2 N–H and O–H groups in total. The highest BCUT2D eigenvalue weighted by molar-refractivity contribution is 6.29. The number of rotatable bonds is 7. The number of amides is 1. The molecule has 1 amide bonds. The van der Waals surface area contributed by atoms with Crippen molar-refractivity contribution >= 4 is 23.5 Å². The minimum atomic E-state index is -1.04. The number of nitrogens with zero attached hydrogens (tertiary/aromatic N) is 1. The Morgan fingerprint density at radius 2 is 2.05 bits per heavy atom. The van der Waals surface area contributed by atoms with Gasteiger partial charge in [0.2, 0.25) is 0 Å². The van der Waals surface area contributed by atoms with Crippen LogP contribution in [0.15, 0.2) is 12.1 Å². The first-order valence-corrected chi connectivity index (χ1v) is 7.41. The summed E-state index contributed by atoms with van der Waals surface area (Å²) in [5.74, 6) is -1.31. The zero-order chi connectivity index (χ0) is 16.0. The molecule has 21 heavy (non-hydrogen) atoms. The molecule has 1 aromatic rings. The molecule has 5 nitrogen and oxygen atoms in total. The van der Waals surface area contributed by atoms with Gasteiger partial charge in [0.15, 0.2) is 0 Å². The van der Waals surface area contributed by atoms with Crippen molar-refractivity contribution < 1.29 is 14.7 Å². The number of pyridine rings is 1. The molecular weight excluding hydrogens is 292 g/mol. The fourth-order valence-corrected chi connectivity index (χ4v) is 2.23. The van der Waals surface area contributed by atoms with Crippen LogP contribution in [0.5, 0.6) is 0 Å². The number of aromatic nitrogens is 1. The molecule has 0 spiro atoms. The largest absolute Gasteiger partial charge is 0.480 e. The number of carbonyl (C=O) groups is 2. The number of carboxylic acids is 1. The van der Waals surface area contributed by atoms with Gasteiger partial charge in [-0.25, -0.2) is 9.78 Å².